The predicted molar refractivity (Wildman–Crippen MR) is 67.7 cm³/mol. The van der Waals surface area contributed by atoms with Crippen molar-refractivity contribution in [3.8, 4) is 0 Å². The number of rotatable bonds is 6. The van der Waals surface area contributed by atoms with Crippen LogP contribution in [0.1, 0.15) is 33.6 Å². The molecule has 0 spiro atoms. The van der Waals surface area contributed by atoms with Gasteiger partial charge in [0, 0.05) is 0 Å². The second kappa shape index (κ2) is 5.54. The van der Waals surface area contributed by atoms with E-state index in [1.54, 1.807) is 6.92 Å². The monoisotopic (exact) mass is 270 g/mol. The van der Waals surface area contributed by atoms with Crippen LogP contribution in [0.4, 0.5) is 0 Å². The highest BCUT2D eigenvalue weighted by Gasteiger charge is 2.33. The Kier molecular flexibility index (Phi) is 5.63. The van der Waals surface area contributed by atoms with Gasteiger partial charge in [0.15, 0.2) is 0 Å². The van der Waals surface area contributed by atoms with Gasteiger partial charge >= 0.3 is 6.07 Å². The molecule has 15 heavy (non-hydrogen) atoms. The third kappa shape index (κ3) is 8.10. The first-order valence-corrected chi connectivity index (χ1v) is 7.96. The van der Waals surface area contributed by atoms with Crippen molar-refractivity contribution < 1.29 is 9.09 Å². The summed E-state index contributed by atoms with van der Waals surface area (Å²) < 4.78 is 16.5. The van der Waals surface area contributed by atoms with Crippen molar-refractivity contribution in [1.82, 2.24) is 0 Å². The predicted octanol–water partition coefficient (Wildman–Crippen LogP) is 5.28. The maximum absolute atomic E-state index is 11.2. The molecule has 0 saturated carbocycles. The summed E-state index contributed by atoms with van der Waals surface area (Å²) in [5.41, 5.74) is 1.14. The molecule has 0 radical (unpaired) electrons. The van der Waals surface area contributed by atoms with Crippen molar-refractivity contribution in [3.63, 3.8) is 0 Å². The highest BCUT2D eigenvalue weighted by Crippen LogP contribution is 2.61. The normalized spacial score (nSPS) is 12.6. The molecule has 0 heterocycles. The van der Waals surface area contributed by atoms with E-state index in [2.05, 4.69) is 13.2 Å². The van der Waals surface area contributed by atoms with E-state index in [1.807, 2.05) is 13.8 Å². The van der Waals surface area contributed by atoms with E-state index >= 15 is 0 Å². The lowest BCUT2D eigenvalue weighted by Gasteiger charge is -2.30. The first kappa shape index (κ1) is 15.2. The molecule has 0 aromatic carbocycles. The summed E-state index contributed by atoms with van der Waals surface area (Å²) >= 11 is 10.8. The highest BCUT2D eigenvalue weighted by molar-refractivity contribution is 8.05. The zero-order valence-electron chi connectivity index (χ0n) is 9.35. The Hall–Kier alpha value is 0.250. The first-order valence-electron chi connectivity index (χ1n) is 4.53. The minimum absolute atomic E-state index is 0.545. The van der Waals surface area contributed by atoms with Crippen molar-refractivity contribution in [2.45, 2.75) is 39.2 Å². The van der Waals surface area contributed by atoms with E-state index in [-0.39, 0.29) is 0 Å². The number of halogens is 2. The summed E-state index contributed by atoms with van der Waals surface area (Å²) in [6.45, 7) is 13.1. The fourth-order valence-corrected chi connectivity index (χ4v) is 3.30. The number of hydrogen-bond donors (Lipinski definition) is 0. The second-order valence-electron chi connectivity index (χ2n) is 4.22. The fraction of sp³-hybridized carbons (Fsp3) is 0.600. The van der Waals surface area contributed by atoms with Gasteiger partial charge < -0.3 is 0 Å². The van der Waals surface area contributed by atoms with Crippen molar-refractivity contribution >= 4 is 28.6 Å². The molecule has 5 heteroatoms. The molecule has 2 nitrogen and oxygen atoms in total. The summed E-state index contributed by atoms with van der Waals surface area (Å²) in [4.78, 5) is 0. The molecule has 0 saturated heterocycles. The lowest BCUT2D eigenvalue weighted by Crippen LogP contribution is -2.27. The molecular formula is C10H17Cl2O2P. The van der Waals surface area contributed by atoms with E-state index in [9.17, 15) is 4.57 Å². The molecule has 0 N–H and O–H groups in total. The van der Waals surface area contributed by atoms with Gasteiger partial charge in [0.25, 0.3) is 0 Å². The van der Waals surface area contributed by atoms with Crippen LogP contribution in [0.15, 0.2) is 24.3 Å². The molecule has 0 amide bonds. The maximum Gasteiger partial charge on any atom is 0.380 e. The minimum atomic E-state index is -3.54. The molecule has 0 aliphatic heterocycles. The molecule has 0 atom stereocenters. The van der Waals surface area contributed by atoms with Gasteiger partial charge in [0.05, 0.1) is 5.60 Å². The van der Waals surface area contributed by atoms with Crippen LogP contribution in [0.25, 0.3) is 0 Å². The zero-order valence-corrected chi connectivity index (χ0v) is 11.8. The topological polar surface area (TPSA) is 26.3 Å². The average molecular weight is 271 g/mol. The van der Waals surface area contributed by atoms with E-state index in [0.29, 0.717) is 12.8 Å². The van der Waals surface area contributed by atoms with Gasteiger partial charge in [-0.15, -0.1) is 13.2 Å². The molecule has 0 aromatic rings. The van der Waals surface area contributed by atoms with Gasteiger partial charge in [-0.05, 0) is 56.1 Å². The van der Waals surface area contributed by atoms with Crippen LogP contribution in [0, 0.1) is 0 Å². The average Bonchev–Trinajstić information content (AvgIpc) is 1.73. The SMILES string of the molecule is C=C(C)CC(C)(CC(=C)C)OP(=O)(Cl)Cl. The van der Waals surface area contributed by atoms with Gasteiger partial charge in [-0.3, -0.25) is 9.09 Å². The summed E-state index contributed by atoms with van der Waals surface area (Å²) in [5, 5.41) is 0. The van der Waals surface area contributed by atoms with Crippen LogP contribution in [0.5, 0.6) is 0 Å². The molecule has 0 rings (SSSR count). The van der Waals surface area contributed by atoms with Crippen LogP contribution in [-0.2, 0) is 9.09 Å². The third-order valence-electron chi connectivity index (χ3n) is 1.68. The molecule has 0 aliphatic rings. The Bertz CT molecular complexity index is 291. The minimum Gasteiger partial charge on any atom is -0.299 e. The Morgan fingerprint density at radius 2 is 1.60 bits per heavy atom. The van der Waals surface area contributed by atoms with Gasteiger partial charge in [-0.25, -0.2) is 0 Å². The van der Waals surface area contributed by atoms with Crippen molar-refractivity contribution in [1.29, 1.82) is 0 Å². The summed E-state index contributed by atoms with van der Waals surface area (Å²) in [5.74, 6) is 0. The lowest BCUT2D eigenvalue weighted by atomic mass is 9.91. The van der Waals surface area contributed by atoms with Gasteiger partial charge in [0.2, 0.25) is 0 Å². The smallest absolute Gasteiger partial charge is 0.299 e. The van der Waals surface area contributed by atoms with Gasteiger partial charge in [-0.1, -0.05) is 11.1 Å². The van der Waals surface area contributed by atoms with E-state index < -0.39 is 11.7 Å². The van der Waals surface area contributed by atoms with E-state index in [1.165, 1.54) is 0 Å². The molecule has 0 fully saturated rings. The van der Waals surface area contributed by atoms with Crippen molar-refractivity contribution in [2.24, 2.45) is 0 Å². The third-order valence-corrected chi connectivity index (χ3v) is 2.75. The summed E-state index contributed by atoms with van der Waals surface area (Å²) in [7, 11) is 0. The Balaban J connectivity index is 4.77. The maximum atomic E-state index is 11.2. The van der Waals surface area contributed by atoms with E-state index in [4.69, 9.17) is 27.0 Å². The lowest BCUT2D eigenvalue weighted by molar-refractivity contribution is 0.102. The fourth-order valence-electron chi connectivity index (χ4n) is 1.66. The van der Waals surface area contributed by atoms with Gasteiger partial charge in [-0.2, -0.15) is 0 Å². The highest BCUT2D eigenvalue weighted by atomic mass is 35.9. The molecule has 0 unspecified atom stereocenters. The quantitative estimate of drug-likeness (QED) is 0.485. The van der Waals surface area contributed by atoms with Crippen LogP contribution in [0.3, 0.4) is 0 Å². The second-order valence-corrected chi connectivity index (χ2v) is 8.42. The number of hydrogen-bond acceptors (Lipinski definition) is 2. The van der Waals surface area contributed by atoms with Crippen LogP contribution in [0.2, 0.25) is 0 Å². The van der Waals surface area contributed by atoms with Crippen molar-refractivity contribution in [3.05, 3.63) is 24.3 Å². The Morgan fingerprint density at radius 1 is 1.27 bits per heavy atom. The van der Waals surface area contributed by atoms with Crippen LogP contribution in [-0.4, -0.2) is 5.60 Å². The van der Waals surface area contributed by atoms with E-state index in [0.717, 1.165) is 11.1 Å². The largest absolute Gasteiger partial charge is 0.380 e. The molecular weight excluding hydrogens is 254 g/mol. The van der Waals surface area contributed by atoms with Crippen LogP contribution < -0.4 is 0 Å². The molecule has 0 bridgehead atoms. The van der Waals surface area contributed by atoms with Crippen molar-refractivity contribution in [2.75, 3.05) is 0 Å². The Morgan fingerprint density at radius 3 is 1.80 bits per heavy atom. The molecule has 0 aromatic heterocycles. The first-order chi connectivity index (χ1) is 6.54. The Labute approximate surface area is 101 Å². The molecule has 0 aliphatic carbocycles. The zero-order chi connectivity index (χ0) is 12.3. The summed E-state index contributed by atoms with van der Waals surface area (Å²) in [6.07, 6.45) is -2.45. The standard InChI is InChI=1S/C10H17Cl2O2P/c1-8(2)6-10(5,7-9(3)4)14-15(11,12)13/h1,3,6-7H2,2,4-5H3. The van der Waals surface area contributed by atoms with Crippen LogP contribution >= 0.6 is 28.6 Å². The molecule has 88 valence electrons. The summed E-state index contributed by atoms with van der Waals surface area (Å²) in [6, 6.07) is 0. The van der Waals surface area contributed by atoms with Gasteiger partial charge in [0.1, 0.15) is 0 Å².